The molecule has 2 rings (SSSR count). The van der Waals surface area contributed by atoms with E-state index in [0.717, 1.165) is 28.0 Å². The maximum Gasteiger partial charge on any atom is 0.180 e. The van der Waals surface area contributed by atoms with Gasteiger partial charge in [0.15, 0.2) is 5.17 Å². The summed E-state index contributed by atoms with van der Waals surface area (Å²) in [6, 6.07) is 16.0. The predicted molar refractivity (Wildman–Crippen MR) is 116 cm³/mol. The summed E-state index contributed by atoms with van der Waals surface area (Å²) in [4.78, 5) is 0. The van der Waals surface area contributed by atoms with Gasteiger partial charge < -0.3 is 10.5 Å². The first-order chi connectivity index (χ1) is 12.7. The lowest BCUT2D eigenvalue weighted by molar-refractivity contribution is 0.306. The van der Waals surface area contributed by atoms with E-state index >= 15 is 0 Å². The molecule has 0 amide bonds. The quantitative estimate of drug-likeness (QED) is 0.242. The number of hydrogen-bond donors (Lipinski definition) is 1. The average Bonchev–Trinajstić information content (AvgIpc) is 2.66. The van der Waals surface area contributed by atoms with E-state index in [2.05, 4.69) is 45.2 Å². The van der Waals surface area contributed by atoms with Crippen LogP contribution in [0.3, 0.4) is 0 Å². The monoisotopic (exact) mass is 433 g/mol. The number of nitrogens with zero attached hydrogens (tertiary/aromatic N) is 2. The first kappa shape index (κ1) is 20.5. The molecule has 0 saturated heterocycles. The molecular weight excluding hydrogens is 410 g/mol. The van der Waals surface area contributed by atoms with Crippen molar-refractivity contribution in [1.82, 2.24) is 0 Å². The van der Waals surface area contributed by atoms with Crippen molar-refractivity contribution in [3.8, 4) is 5.75 Å². The van der Waals surface area contributed by atoms with Crippen molar-refractivity contribution in [3.63, 3.8) is 0 Å². The summed E-state index contributed by atoms with van der Waals surface area (Å²) >= 11 is 4.94. The van der Waals surface area contributed by atoms with Crippen LogP contribution in [0.25, 0.3) is 0 Å². The molecule has 26 heavy (non-hydrogen) atoms. The van der Waals surface area contributed by atoms with Crippen LogP contribution in [0.1, 0.15) is 37.3 Å². The van der Waals surface area contributed by atoms with E-state index in [1.54, 1.807) is 6.21 Å². The highest BCUT2D eigenvalue weighted by Crippen LogP contribution is 2.22. The Hall–Kier alpha value is -1.79. The van der Waals surface area contributed by atoms with Gasteiger partial charge >= 0.3 is 0 Å². The molecule has 0 bridgehead atoms. The molecule has 0 aromatic heterocycles. The molecule has 0 aliphatic carbocycles. The van der Waals surface area contributed by atoms with Crippen molar-refractivity contribution in [2.45, 2.75) is 31.9 Å². The summed E-state index contributed by atoms with van der Waals surface area (Å²) < 4.78 is 6.83. The molecule has 6 heteroatoms. The van der Waals surface area contributed by atoms with Crippen LogP contribution in [0.2, 0.25) is 0 Å². The van der Waals surface area contributed by atoms with Crippen molar-refractivity contribution < 1.29 is 4.74 Å². The van der Waals surface area contributed by atoms with Crippen LogP contribution in [-0.4, -0.2) is 18.0 Å². The number of amidine groups is 1. The number of rotatable bonds is 9. The third-order valence-corrected chi connectivity index (χ3v) is 4.91. The smallest absolute Gasteiger partial charge is 0.180 e. The van der Waals surface area contributed by atoms with Crippen molar-refractivity contribution in [1.29, 1.82) is 0 Å². The molecule has 0 aliphatic heterocycles. The predicted octanol–water partition coefficient (Wildman–Crippen LogP) is 5.60. The second-order valence-electron chi connectivity index (χ2n) is 5.69. The summed E-state index contributed by atoms with van der Waals surface area (Å²) in [5.41, 5.74) is 8.00. The van der Waals surface area contributed by atoms with Crippen molar-refractivity contribution in [3.05, 3.63) is 64.1 Å². The molecule has 0 saturated carbocycles. The number of unbranched alkanes of at least 4 members (excludes halogenated alkanes) is 2. The zero-order chi connectivity index (χ0) is 18.6. The number of benzene rings is 2. The number of nitrogens with two attached hydrogens (primary N) is 1. The summed E-state index contributed by atoms with van der Waals surface area (Å²) in [6.07, 6.45) is 5.06. The molecule has 4 nitrogen and oxygen atoms in total. The first-order valence-electron chi connectivity index (χ1n) is 8.64. The van der Waals surface area contributed by atoms with Crippen LogP contribution in [-0.2, 0) is 5.75 Å². The van der Waals surface area contributed by atoms with Crippen LogP contribution in [0.4, 0.5) is 0 Å². The molecule has 0 fully saturated rings. The standard InChI is InChI=1S/C20H24BrN3OS/c1-2-3-7-12-25-19-11-10-18(21)13-17(19)14-23-24-20(22)26-15-16-8-5-4-6-9-16/h4-6,8-11,13-14H,2-3,7,12,15H2,1H3,(H2,22,24). The van der Waals surface area contributed by atoms with Gasteiger partial charge in [0.2, 0.25) is 0 Å². The summed E-state index contributed by atoms with van der Waals surface area (Å²) in [5, 5.41) is 8.62. The van der Waals surface area contributed by atoms with Crippen LogP contribution >= 0.6 is 27.7 Å². The molecule has 0 atom stereocenters. The lowest BCUT2D eigenvalue weighted by atomic mass is 10.2. The minimum absolute atomic E-state index is 0.436. The summed E-state index contributed by atoms with van der Waals surface area (Å²) in [5.74, 6) is 1.58. The zero-order valence-electron chi connectivity index (χ0n) is 14.9. The zero-order valence-corrected chi connectivity index (χ0v) is 17.3. The molecule has 0 spiro atoms. The Morgan fingerprint density at radius 2 is 2.00 bits per heavy atom. The largest absolute Gasteiger partial charge is 0.493 e. The first-order valence-corrected chi connectivity index (χ1v) is 10.4. The Balaban J connectivity index is 1.93. The molecule has 0 radical (unpaired) electrons. The second-order valence-corrected chi connectivity index (χ2v) is 7.61. The van der Waals surface area contributed by atoms with Gasteiger partial charge in [-0.15, -0.1) is 5.10 Å². The van der Waals surface area contributed by atoms with E-state index in [-0.39, 0.29) is 0 Å². The van der Waals surface area contributed by atoms with Gasteiger partial charge in [-0.2, -0.15) is 5.10 Å². The highest BCUT2D eigenvalue weighted by molar-refractivity contribution is 9.10. The van der Waals surface area contributed by atoms with Gasteiger partial charge in [0.25, 0.3) is 0 Å². The fourth-order valence-corrected chi connectivity index (χ4v) is 3.18. The lowest BCUT2D eigenvalue weighted by Gasteiger charge is -2.09. The topological polar surface area (TPSA) is 60.0 Å². The molecule has 2 aromatic carbocycles. The van der Waals surface area contributed by atoms with Gasteiger partial charge in [-0.1, -0.05) is 77.8 Å². The van der Waals surface area contributed by atoms with Crippen molar-refractivity contribution >= 4 is 39.1 Å². The molecule has 138 valence electrons. The normalized spacial score (nSPS) is 11.8. The van der Waals surface area contributed by atoms with E-state index < -0.39 is 0 Å². The van der Waals surface area contributed by atoms with E-state index in [9.17, 15) is 0 Å². The van der Waals surface area contributed by atoms with E-state index in [4.69, 9.17) is 10.5 Å². The summed E-state index contributed by atoms with van der Waals surface area (Å²) in [6.45, 7) is 2.88. The number of halogens is 1. The van der Waals surface area contributed by atoms with E-state index in [1.165, 1.54) is 30.2 Å². The van der Waals surface area contributed by atoms with Gasteiger partial charge in [-0.3, -0.25) is 0 Å². The molecule has 0 heterocycles. The maximum atomic E-state index is 5.93. The molecule has 0 aliphatic rings. The molecule has 2 N–H and O–H groups in total. The van der Waals surface area contributed by atoms with Gasteiger partial charge in [-0.05, 0) is 30.2 Å². The maximum absolute atomic E-state index is 5.93. The third kappa shape index (κ3) is 7.62. The highest BCUT2D eigenvalue weighted by atomic mass is 79.9. The second kappa shape index (κ2) is 11.8. The van der Waals surface area contributed by atoms with Crippen LogP contribution in [0, 0.1) is 0 Å². The Labute approximate surface area is 168 Å². The fourth-order valence-electron chi connectivity index (χ4n) is 2.19. The molecule has 2 aromatic rings. The lowest BCUT2D eigenvalue weighted by Crippen LogP contribution is -2.06. The Kier molecular flexibility index (Phi) is 9.28. The number of thioether (sulfide) groups is 1. The SMILES string of the molecule is CCCCCOc1ccc(Br)cc1C=NN=C(N)SCc1ccccc1. The Bertz CT molecular complexity index is 735. The van der Waals surface area contributed by atoms with Crippen molar-refractivity contribution in [2.75, 3.05) is 6.61 Å². The number of ether oxygens (including phenoxy) is 1. The van der Waals surface area contributed by atoms with Crippen LogP contribution in [0.5, 0.6) is 5.75 Å². The highest BCUT2D eigenvalue weighted by Gasteiger charge is 2.03. The van der Waals surface area contributed by atoms with E-state index in [0.29, 0.717) is 11.8 Å². The Morgan fingerprint density at radius 1 is 1.19 bits per heavy atom. The average molecular weight is 434 g/mol. The minimum Gasteiger partial charge on any atom is -0.493 e. The fraction of sp³-hybridized carbons (Fsp3) is 0.300. The van der Waals surface area contributed by atoms with Crippen molar-refractivity contribution in [2.24, 2.45) is 15.9 Å². The number of hydrogen-bond acceptors (Lipinski definition) is 4. The summed E-state index contributed by atoms with van der Waals surface area (Å²) in [7, 11) is 0. The van der Waals surface area contributed by atoms with Crippen LogP contribution in [0.15, 0.2) is 63.2 Å². The van der Waals surface area contributed by atoms with Gasteiger partial charge in [0.1, 0.15) is 5.75 Å². The molecule has 0 unspecified atom stereocenters. The third-order valence-electron chi connectivity index (χ3n) is 3.56. The minimum atomic E-state index is 0.436. The van der Waals surface area contributed by atoms with Gasteiger partial charge in [-0.25, -0.2) is 0 Å². The van der Waals surface area contributed by atoms with E-state index in [1.807, 2.05) is 36.4 Å². The van der Waals surface area contributed by atoms with Gasteiger partial charge in [0, 0.05) is 15.8 Å². The van der Waals surface area contributed by atoms with Crippen LogP contribution < -0.4 is 10.5 Å². The Morgan fingerprint density at radius 3 is 2.77 bits per heavy atom. The molecular formula is C20H24BrN3OS. The van der Waals surface area contributed by atoms with Gasteiger partial charge in [0.05, 0.1) is 12.8 Å².